The Morgan fingerprint density at radius 2 is 1.75 bits per heavy atom. The van der Waals surface area contributed by atoms with Crippen LogP contribution in [0.4, 0.5) is 13.2 Å². The van der Waals surface area contributed by atoms with Crippen LogP contribution in [0.3, 0.4) is 0 Å². The second-order valence-electron chi connectivity index (χ2n) is 6.82. The van der Waals surface area contributed by atoms with Crippen molar-refractivity contribution in [3.63, 3.8) is 0 Å². The molecule has 0 aromatic carbocycles. The number of nitrogens with zero attached hydrogens (tertiary/aromatic N) is 2. The van der Waals surface area contributed by atoms with E-state index in [9.17, 15) is 18.3 Å². The highest BCUT2D eigenvalue weighted by atomic mass is 19.4. The van der Waals surface area contributed by atoms with Crippen molar-refractivity contribution in [3.8, 4) is 0 Å². The summed E-state index contributed by atoms with van der Waals surface area (Å²) in [5, 5.41) is 10.5. The second-order valence-corrected chi connectivity index (χ2v) is 6.82. The lowest BCUT2D eigenvalue weighted by Gasteiger charge is -2.48. The van der Waals surface area contributed by atoms with Gasteiger partial charge in [0, 0.05) is 32.2 Å². The van der Waals surface area contributed by atoms with Gasteiger partial charge in [-0.25, -0.2) is 0 Å². The van der Waals surface area contributed by atoms with Crippen LogP contribution in [-0.4, -0.2) is 66.0 Å². The third kappa shape index (κ3) is 3.86. The smallest absolute Gasteiger partial charge is 0.391 e. The highest BCUT2D eigenvalue weighted by Crippen LogP contribution is 2.38. The zero-order chi connectivity index (χ0) is 15.0. The van der Waals surface area contributed by atoms with Crippen LogP contribution < -0.4 is 0 Å². The number of halogens is 3. The predicted octanol–water partition coefficient (Wildman–Crippen LogP) is 2.11. The Hall–Kier alpha value is -0.330. The van der Waals surface area contributed by atoms with E-state index >= 15 is 0 Å². The summed E-state index contributed by atoms with van der Waals surface area (Å²) in [6.45, 7) is 5.43. The molecule has 2 fully saturated rings. The van der Waals surface area contributed by atoms with Gasteiger partial charge in [0.15, 0.2) is 0 Å². The fourth-order valence-electron chi connectivity index (χ4n) is 3.48. The number of piperazine rings is 1. The van der Waals surface area contributed by atoms with Crippen molar-refractivity contribution in [2.75, 3.05) is 32.7 Å². The molecule has 0 amide bonds. The summed E-state index contributed by atoms with van der Waals surface area (Å²) < 4.78 is 37.1. The quantitative estimate of drug-likeness (QED) is 0.845. The first-order valence-electron chi connectivity index (χ1n) is 7.40. The van der Waals surface area contributed by atoms with Gasteiger partial charge >= 0.3 is 6.18 Å². The number of aliphatic hydroxyl groups excluding tert-OH is 1. The molecule has 2 atom stereocenters. The fourth-order valence-corrected chi connectivity index (χ4v) is 3.48. The third-order valence-electron chi connectivity index (χ3n) is 4.76. The second kappa shape index (κ2) is 5.81. The lowest BCUT2D eigenvalue weighted by atomic mass is 9.72. The van der Waals surface area contributed by atoms with E-state index in [1.807, 2.05) is 0 Å². The van der Waals surface area contributed by atoms with E-state index in [1.165, 1.54) is 4.90 Å². The van der Waals surface area contributed by atoms with Gasteiger partial charge in [-0.2, -0.15) is 13.2 Å². The van der Waals surface area contributed by atoms with Gasteiger partial charge < -0.3 is 5.11 Å². The van der Waals surface area contributed by atoms with Gasteiger partial charge in [0.05, 0.1) is 12.6 Å². The standard InChI is InChI=1S/C14H25F3N2O/c1-13(2)5-3-4-11(12(13)20)19-8-6-18(7-9-19)10-14(15,16)17/h11-12,20H,3-10H2,1-2H3. The molecule has 0 radical (unpaired) electrons. The van der Waals surface area contributed by atoms with Crippen LogP contribution in [-0.2, 0) is 0 Å². The summed E-state index contributed by atoms with van der Waals surface area (Å²) in [7, 11) is 0. The Balaban J connectivity index is 1.87. The molecule has 1 saturated carbocycles. The lowest BCUT2D eigenvalue weighted by Crippen LogP contribution is -2.58. The molecule has 2 unspecified atom stereocenters. The number of hydrogen-bond acceptors (Lipinski definition) is 3. The van der Waals surface area contributed by atoms with Crippen LogP contribution in [0.2, 0.25) is 0 Å². The highest BCUT2D eigenvalue weighted by molar-refractivity contribution is 4.94. The van der Waals surface area contributed by atoms with Crippen LogP contribution in [0.5, 0.6) is 0 Å². The largest absolute Gasteiger partial charge is 0.401 e. The topological polar surface area (TPSA) is 26.7 Å². The lowest BCUT2D eigenvalue weighted by molar-refractivity contribution is -0.152. The van der Waals surface area contributed by atoms with Gasteiger partial charge in [-0.15, -0.1) is 0 Å². The molecule has 0 bridgehead atoms. The van der Waals surface area contributed by atoms with E-state index in [2.05, 4.69) is 18.7 Å². The van der Waals surface area contributed by atoms with Crippen LogP contribution >= 0.6 is 0 Å². The van der Waals surface area contributed by atoms with E-state index < -0.39 is 12.7 Å². The van der Waals surface area contributed by atoms with Crippen LogP contribution in [0.1, 0.15) is 33.1 Å². The number of hydrogen-bond donors (Lipinski definition) is 1. The van der Waals surface area contributed by atoms with Crippen LogP contribution in [0, 0.1) is 5.41 Å². The van der Waals surface area contributed by atoms with Crippen molar-refractivity contribution in [1.82, 2.24) is 9.80 Å². The first-order valence-corrected chi connectivity index (χ1v) is 7.40. The molecule has 20 heavy (non-hydrogen) atoms. The summed E-state index contributed by atoms with van der Waals surface area (Å²) in [6.07, 6.45) is -1.46. The van der Waals surface area contributed by atoms with E-state index in [1.54, 1.807) is 0 Å². The Bertz CT molecular complexity index is 325. The van der Waals surface area contributed by atoms with Crippen molar-refractivity contribution in [2.24, 2.45) is 5.41 Å². The maximum atomic E-state index is 12.4. The molecule has 1 N–H and O–H groups in total. The Kier molecular flexibility index (Phi) is 4.66. The Labute approximate surface area is 118 Å². The molecular weight excluding hydrogens is 269 g/mol. The summed E-state index contributed by atoms with van der Waals surface area (Å²) in [5.74, 6) is 0. The molecule has 118 valence electrons. The monoisotopic (exact) mass is 294 g/mol. The number of alkyl halides is 3. The van der Waals surface area contributed by atoms with Crippen molar-refractivity contribution >= 4 is 0 Å². The summed E-state index contributed by atoms with van der Waals surface area (Å²) >= 11 is 0. The molecule has 2 rings (SSSR count). The highest BCUT2D eigenvalue weighted by Gasteiger charge is 2.41. The molecule has 1 aliphatic carbocycles. The summed E-state index contributed by atoms with van der Waals surface area (Å²) in [5.41, 5.74) is -0.0912. The molecule has 1 aliphatic heterocycles. The number of rotatable bonds is 2. The van der Waals surface area contributed by atoms with Gasteiger partial charge in [0.25, 0.3) is 0 Å². The predicted molar refractivity (Wildman–Crippen MR) is 71.5 cm³/mol. The van der Waals surface area contributed by atoms with Gasteiger partial charge in [-0.1, -0.05) is 20.3 Å². The molecule has 6 heteroatoms. The molecule has 3 nitrogen and oxygen atoms in total. The maximum absolute atomic E-state index is 12.4. The van der Waals surface area contributed by atoms with Gasteiger partial charge in [-0.05, 0) is 18.3 Å². The maximum Gasteiger partial charge on any atom is 0.401 e. The minimum Gasteiger partial charge on any atom is -0.391 e. The van der Waals surface area contributed by atoms with E-state index in [0.717, 1.165) is 19.3 Å². The normalized spacial score (nSPS) is 33.3. The Morgan fingerprint density at radius 1 is 1.15 bits per heavy atom. The molecule has 0 aromatic rings. The average molecular weight is 294 g/mol. The van der Waals surface area contributed by atoms with Crippen molar-refractivity contribution in [3.05, 3.63) is 0 Å². The summed E-state index contributed by atoms with van der Waals surface area (Å²) in [4.78, 5) is 3.63. The Morgan fingerprint density at radius 3 is 2.30 bits per heavy atom. The van der Waals surface area contributed by atoms with Crippen LogP contribution in [0.25, 0.3) is 0 Å². The zero-order valence-corrected chi connectivity index (χ0v) is 12.3. The molecule has 0 spiro atoms. The van der Waals surface area contributed by atoms with E-state index in [0.29, 0.717) is 26.2 Å². The van der Waals surface area contributed by atoms with Crippen LogP contribution in [0.15, 0.2) is 0 Å². The van der Waals surface area contributed by atoms with Crippen molar-refractivity contribution in [2.45, 2.75) is 51.4 Å². The minimum absolute atomic E-state index is 0.0912. The van der Waals surface area contributed by atoms with E-state index in [4.69, 9.17) is 0 Å². The molecule has 1 saturated heterocycles. The van der Waals surface area contributed by atoms with E-state index in [-0.39, 0.29) is 17.6 Å². The zero-order valence-electron chi connectivity index (χ0n) is 12.3. The van der Waals surface area contributed by atoms with Crippen molar-refractivity contribution < 1.29 is 18.3 Å². The molecule has 0 aromatic heterocycles. The molecule has 1 heterocycles. The van der Waals surface area contributed by atoms with Gasteiger partial charge in [-0.3, -0.25) is 9.80 Å². The van der Waals surface area contributed by atoms with Gasteiger partial charge in [0.2, 0.25) is 0 Å². The minimum atomic E-state index is -4.12. The first-order chi connectivity index (χ1) is 9.19. The van der Waals surface area contributed by atoms with Gasteiger partial charge in [0.1, 0.15) is 0 Å². The molecule has 2 aliphatic rings. The fraction of sp³-hybridized carbons (Fsp3) is 1.00. The SMILES string of the molecule is CC1(C)CCCC(N2CCN(CC(F)(F)F)CC2)C1O. The third-order valence-corrected chi connectivity index (χ3v) is 4.76. The summed E-state index contributed by atoms with van der Waals surface area (Å²) in [6, 6.07) is 0.104. The molecular formula is C14H25F3N2O. The number of aliphatic hydroxyl groups is 1. The average Bonchev–Trinajstić information content (AvgIpc) is 2.32. The first kappa shape index (κ1) is 16.0. The van der Waals surface area contributed by atoms with Crippen molar-refractivity contribution in [1.29, 1.82) is 0 Å².